The molecule has 0 aliphatic rings. The molecule has 0 saturated heterocycles. The van der Waals surface area contributed by atoms with E-state index in [1.165, 1.54) is 12.0 Å². The van der Waals surface area contributed by atoms with Gasteiger partial charge in [-0.05, 0) is 6.92 Å². The van der Waals surface area contributed by atoms with Crippen molar-refractivity contribution in [2.45, 2.75) is 13.0 Å². The zero-order valence-corrected chi connectivity index (χ0v) is 11.3. The molecule has 0 aromatic carbocycles. The molecule has 1 aromatic heterocycles. The van der Waals surface area contributed by atoms with Crippen molar-refractivity contribution in [3.63, 3.8) is 0 Å². The molecule has 0 bridgehead atoms. The number of hydrogen-bond donors (Lipinski definition) is 2. The summed E-state index contributed by atoms with van der Waals surface area (Å²) in [6.45, 7) is 2.53. The Bertz CT molecular complexity index is 418. The molecule has 0 fully saturated rings. The summed E-state index contributed by atoms with van der Waals surface area (Å²) in [7, 11) is 3.03. The molecule has 1 rings (SSSR count). The van der Waals surface area contributed by atoms with Gasteiger partial charge in [-0.3, -0.25) is 0 Å². The third-order valence-electron chi connectivity index (χ3n) is 2.46. The van der Waals surface area contributed by atoms with Crippen LogP contribution < -0.4 is 10.2 Å². The van der Waals surface area contributed by atoms with Gasteiger partial charge in [0.1, 0.15) is 0 Å². The highest BCUT2D eigenvalue weighted by Gasteiger charge is 2.17. The molecule has 19 heavy (non-hydrogen) atoms. The fourth-order valence-electron chi connectivity index (χ4n) is 1.66. The van der Waals surface area contributed by atoms with Crippen LogP contribution >= 0.6 is 0 Å². The number of likely N-dealkylation sites (N-methyl/N-ethyl adjacent to an activating group) is 1. The minimum Gasteiger partial charge on any atom is -0.389 e. The summed E-state index contributed by atoms with van der Waals surface area (Å²) in [5, 5.41) is 12.3. The minimum absolute atomic E-state index is 0.00742. The van der Waals surface area contributed by atoms with Gasteiger partial charge in [0.05, 0.1) is 12.7 Å². The first-order valence-electron chi connectivity index (χ1n) is 5.97. The van der Waals surface area contributed by atoms with Gasteiger partial charge >= 0.3 is 0 Å². The molecule has 7 heteroatoms. The number of hydrogen-bond acceptors (Lipinski definition) is 5. The standard InChI is InChI=1S/C12H19F2N3O2/c1-4-15-11-9(13)5-10(14)12(16-11)17(2)6-8(18)7-19-3/h5,8,18H,4,6-7H2,1-3H3,(H,15,16). The van der Waals surface area contributed by atoms with Crippen LogP contribution in [0.1, 0.15) is 6.92 Å². The van der Waals surface area contributed by atoms with E-state index in [9.17, 15) is 13.9 Å². The van der Waals surface area contributed by atoms with Crippen molar-refractivity contribution in [2.24, 2.45) is 0 Å². The maximum Gasteiger partial charge on any atom is 0.168 e. The predicted octanol–water partition coefficient (Wildman–Crippen LogP) is 1.24. The fraction of sp³-hybridized carbons (Fsp3) is 0.583. The Balaban J connectivity index is 2.89. The number of rotatable bonds is 7. The molecule has 108 valence electrons. The zero-order valence-electron chi connectivity index (χ0n) is 11.3. The van der Waals surface area contributed by atoms with Crippen LogP contribution in [0.25, 0.3) is 0 Å². The maximum absolute atomic E-state index is 13.7. The molecule has 1 aromatic rings. The molecular weight excluding hydrogens is 256 g/mol. The lowest BCUT2D eigenvalue weighted by molar-refractivity contribution is 0.0693. The third kappa shape index (κ3) is 4.29. The van der Waals surface area contributed by atoms with Crippen LogP contribution in [0.3, 0.4) is 0 Å². The first-order chi connectivity index (χ1) is 8.99. The SMILES string of the molecule is CCNc1nc(N(C)CC(O)COC)c(F)cc1F. The van der Waals surface area contributed by atoms with Gasteiger partial charge in [0.15, 0.2) is 23.3 Å². The molecule has 0 radical (unpaired) electrons. The smallest absolute Gasteiger partial charge is 0.168 e. The first kappa shape index (κ1) is 15.6. The van der Waals surface area contributed by atoms with Crippen LogP contribution in [0.15, 0.2) is 6.07 Å². The Hall–Kier alpha value is -1.47. The molecule has 0 aliphatic carbocycles. The van der Waals surface area contributed by atoms with E-state index in [2.05, 4.69) is 10.3 Å². The van der Waals surface area contributed by atoms with E-state index in [0.29, 0.717) is 6.54 Å². The second kappa shape index (κ2) is 7.20. The summed E-state index contributed by atoms with van der Waals surface area (Å²) in [6, 6.07) is 0.777. The molecule has 1 atom stereocenters. The van der Waals surface area contributed by atoms with Crippen molar-refractivity contribution in [1.29, 1.82) is 0 Å². The average molecular weight is 275 g/mol. The summed E-state index contributed by atoms with van der Waals surface area (Å²) in [6.07, 6.45) is -0.774. The van der Waals surface area contributed by atoms with Crippen molar-refractivity contribution in [2.75, 3.05) is 44.1 Å². The predicted molar refractivity (Wildman–Crippen MR) is 69.5 cm³/mol. The number of halogens is 2. The Kier molecular flexibility index (Phi) is 5.91. The molecular formula is C12H19F2N3O2. The van der Waals surface area contributed by atoms with Gasteiger partial charge in [0.2, 0.25) is 0 Å². The molecule has 0 saturated carbocycles. The van der Waals surface area contributed by atoms with Gasteiger partial charge in [-0.1, -0.05) is 0 Å². The Morgan fingerprint density at radius 1 is 1.47 bits per heavy atom. The summed E-state index contributed by atoms with van der Waals surface area (Å²) < 4.78 is 31.9. The lowest BCUT2D eigenvalue weighted by Gasteiger charge is -2.22. The van der Waals surface area contributed by atoms with E-state index in [1.807, 2.05) is 0 Å². The topological polar surface area (TPSA) is 57.6 Å². The minimum atomic E-state index is -0.774. The van der Waals surface area contributed by atoms with Crippen molar-refractivity contribution >= 4 is 11.6 Å². The number of nitrogens with one attached hydrogen (secondary N) is 1. The maximum atomic E-state index is 13.7. The van der Waals surface area contributed by atoms with Crippen LogP contribution in [-0.2, 0) is 4.74 Å². The number of aliphatic hydroxyl groups excluding tert-OH is 1. The second-order valence-corrected chi connectivity index (χ2v) is 4.14. The largest absolute Gasteiger partial charge is 0.389 e. The summed E-state index contributed by atoms with van der Waals surface area (Å²) in [5.41, 5.74) is 0. The van der Waals surface area contributed by atoms with Gasteiger partial charge < -0.3 is 20.1 Å². The van der Waals surface area contributed by atoms with Crippen LogP contribution in [-0.4, -0.2) is 50.0 Å². The van der Waals surface area contributed by atoms with Gasteiger partial charge in [-0.2, -0.15) is 0 Å². The Morgan fingerprint density at radius 2 is 2.16 bits per heavy atom. The molecule has 2 N–H and O–H groups in total. The average Bonchev–Trinajstić information content (AvgIpc) is 2.32. The number of pyridine rings is 1. The van der Waals surface area contributed by atoms with Crippen LogP contribution in [0.4, 0.5) is 20.4 Å². The summed E-state index contributed by atoms with van der Waals surface area (Å²) in [5.74, 6) is -1.54. The van der Waals surface area contributed by atoms with Crippen LogP contribution in [0.5, 0.6) is 0 Å². The number of methoxy groups -OCH3 is 1. The lowest BCUT2D eigenvalue weighted by Crippen LogP contribution is -2.33. The van der Waals surface area contributed by atoms with Gasteiger partial charge in [0, 0.05) is 33.3 Å². The van der Waals surface area contributed by atoms with Crippen LogP contribution in [0.2, 0.25) is 0 Å². The number of nitrogens with zero attached hydrogens (tertiary/aromatic N) is 2. The van der Waals surface area contributed by atoms with Gasteiger partial charge in [0.25, 0.3) is 0 Å². The number of ether oxygens (including phenoxy) is 1. The molecule has 0 aliphatic heterocycles. The number of anilines is 2. The quantitative estimate of drug-likeness (QED) is 0.784. The Labute approximate surface area is 111 Å². The van der Waals surface area contributed by atoms with E-state index in [-0.39, 0.29) is 24.8 Å². The van der Waals surface area contributed by atoms with Gasteiger partial charge in [-0.15, -0.1) is 0 Å². The highest BCUT2D eigenvalue weighted by atomic mass is 19.1. The molecule has 1 unspecified atom stereocenters. The third-order valence-corrected chi connectivity index (χ3v) is 2.46. The highest BCUT2D eigenvalue weighted by molar-refractivity contribution is 5.48. The molecule has 1 heterocycles. The van der Waals surface area contributed by atoms with Crippen molar-refractivity contribution in [3.05, 3.63) is 17.7 Å². The summed E-state index contributed by atoms with van der Waals surface area (Å²) in [4.78, 5) is 5.30. The van der Waals surface area contributed by atoms with E-state index in [0.717, 1.165) is 6.07 Å². The van der Waals surface area contributed by atoms with Crippen molar-refractivity contribution < 1.29 is 18.6 Å². The first-order valence-corrected chi connectivity index (χ1v) is 5.97. The number of aromatic nitrogens is 1. The molecule has 5 nitrogen and oxygen atoms in total. The van der Waals surface area contributed by atoms with Crippen molar-refractivity contribution in [1.82, 2.24) is 4.98 Å². The summed E-state index contributed by atoms with van der Waals surface area (Å²) >= 11 is 0. The van der Waals surface area contributed by atoms with E-state index < -0.39 is 17.7 Å². The van der Waals surface area contributed by atoms with Crippen molar-refractivity contribution in [3.8, 4) is 0 Å². The van der Waals surface area contributed by atoms with Crippen LogP contribution in [0, 0.1) is 11.6 Å². The second-order valence-electron chi connectivity index (χ2n) is 4.14. The van der Waals surface area contributed by atoms with E-state index in [4.69, 9.17) is 4.74 Å². The molecule has 0 amide bonds. The monoisotopic (exact) mass is 275 g/mol. The van der Waals surface area contributed by atoms with E-state index in [1.54, 1.807) is 14.0 Å². The number of aliphatic hydroxyl groups is 1. The van der Waals surface area contributed by atoms with Gasteiger partial charge in [-0.25, -0.2) is 13.8 Å². The lowest BCUT2D eigenvalue weighted by atomic mass is 10.3. The molecule has 0 spiro atoms. The normalized spacial score (nSPS) is 12.3. The highest BCUT2D eigenvalue weighted by Crippen LogP contribution is 2.21. The Morgan fingerprint density at radius 3 is 2.74 bits per heavy atom. The van der Waals surface area contributed by atoms with E-state index >= 15 is 0 Å². The fourth-order valence-corrected chi connectivity index (χ4v) is 1.66. The zero-order chi connectivity index (χ0) is 14.4.